The predicted octanol–water partition coefficient (Wildman–Crippen LogP) is 2.52. The Kier molecular flexibility index (Phi) is 4.63. The number of imide groups is 1. The number of sulfone groups is 1. The number of benzene rings is 2. The normalized spacial score (nSPS) is 24.0. The van der Waals surface area contributed by atoms with Gasteiger partial charge in [0.05, 0.1) is 29.2 Å². The Labute approximate surface area is 163 Å². The Morgan fingerprint density at radius 3 is 2.46 bits per heavy atom. The van der Waals surface area contributed by atoms with Crippen molar-refractivity contribution in [2.75, 3.05) is 16.4 Å². The van der Waals surface area contributed by atoms with Gasteiger partial charge in [0.25, 0.3) is 5.91 Å². The van der Waals surface area contributed by atoms with Crippen molar-refractivity contribution in [2.45, 2.75) is 25.3 Å². The predicted molar refractivity (Wildman–Crippen MR) is 108 cm³/mol. The maximum Gasteiger partial charge on any atom is 0.265 e. The molecule has 0 saturated carbocycles. The van der Waals surface area contributed by atoms with Gasteiger partial charge in [0.15, 0.2) is 9.84 Å². The van der Waals surface area contributed by atoms with Crippen molar-refractivity contribution in [3.63, 3.8) is 0 Å². The smallest absolute Gasteiger partial charge is 0.265 e. The fourth-order valence-electron chi connectivity index (χ4n) is 3.64. The van der Waals surface area contributed by atoms with Crippen LogP contribution >= 0.6 is 0 Å². The van der Waals surface area contributed by atoms with E-state index in [4.69, 9.17) is 0 Å². The van der Waals surface area contributed by atoms with Crippen molar-refractivity contribution in [3.8, 4) is 0 Å². The first-order valence-electron chi connectivity index (χ1n) is 9.13. The Hall–Kier alpha value is -2.80. The van der Waals surface area contributed by atoms with Crippen LogP contribution < -0.4 is 4.90 Å². The SMILES string of the molecule is Cc1ccc(N2C(=O)c3ccccc3[C@H](C=N[C@@H]3CCS(=O)(=O)C3)C2=O)cc1. The summed E-state index contributed by atoms with van der Waals surface area (Å²) < 4.78 is 23.3. The highest BCUT2D eigenvalue weighted by Crippen LogP contribution is 2.32. The van der Waals surface area contributed by atoms with Gasteiger partial charge in [-0.1, -0.05) is 35.9 Å². The number of hydrogen-bond acceptors (Lipinski definition) is 5. The first kappa shape index (κ1) is 18.6. The molecule has 7 heteroatoms. The van der Waals surface area contributed by atoms with Crippen molar-refractivity contribution in [3.05, 3.63) is 65.2 Å². The first-order chi connectivity index (χ1) is 13.4. The Bertz CT molecular complexity index is 1070. The van der Waals surface area contributed by atoms with E-state index in [0.29, 0.717) is 23.2 Å². The fraction of sp³-hybridized carbons (Fsp3) is 0.286. The van der Waals surface area contributed by atoms with Crippen molar-refractivity contribution in [2.24, 2.45) is 4.99 Å². The summed E-state index contributed by atoms with van der Waals surface area (Å²) in [5, 5.41) is 0. The summed E-state index contributed by atoms with van der Waals surface area (Å²) in [7, 11) is -3.05. The number of aliphatic imine (C=N–C) groups is 1. The van der Waals surface area contributed by atoms with Gasteiger partial charge in [-0.25, -0.2) is 13.3 Å². The molecule has 0 aromatic heterocycles. The second kappa shape index (κ2) is 6.98. The largest absolute Gasteiger partial charge is 0.292 e. The number of amides is 2. The standard InChI is InChI=1S/C21H20N2O4S/c1-14-6-8-16(9-7-14)23-20(24)18-5-3-2-4-17(18)19(21(23)25)12-22-15-10-11-28(26,27)13-15/h2-9,12,15,19H,10-11,13H2,1H3/t15-,19+/m1/s1. The van der Waals surface area contributed by atoms with Gasteiger partial charge in [0, 0.05) is 11.8 Å². The topological polar surface area (TPSA) is 83.9 Å². The van der Waals surface area contributed by atoms with Gasteiger partial charge < -0.3 is 0 Å². The van der Waals surface area contributed by atoms with E-state index >= 15 is 0 Å². The van der Waals surface area contributed by atoms with Crippen LogP contribution in [0.4, 0.5) is 5.69 Å². The zero-order valence-electron chi connectivity index (χ0n) is 15.4. The van der Waals surface area contributed by atoms with Crippen molar-refractivity contribution >= 4 is 33.6 Å². The summed E-state index contributed by atoms with van der Waals surface area (Å²) in [6.07, 6.45) is 1.97. The molecular weight excluding hydrogens is 376 g/mol. The minimum Gasteiger partial charge on any atom is -0.292 e. The summed E-state index contributed by atoms with van der Waals surface area (Å²) >= 11 is 0. The van der Waals surface area contributed by atoms with Gasteiger partial charge in [-0.2, -0.15) is 0 Å². The average Bonchev–Trinajstić information content (AvgIpc) is 3.02. The molecule has 2 aromatic carbocycles. The highest BCUT2D eigenvalue weighted by atomic mass is 32.2. The van der Waals surface area contributed by atoms with E-state index in [1.54, 1.807) is 36.4 Å². The molecule has 2 heterocycles. The molecular formula is C21H20N2O4S. The van der Waals surface area contributed by atoms with E-state index < -0.39 is 15.8 Å². The number of carbonyl (C=O) groups excluding carboxylic acids is 2. The van der Waals surface area contributed by atoms with Crippen LogP contribution in [0.5, 0.6) is 0 Å². The third kappa shape index (κ3) is 3.38. The van der Waals surface area contributed by atoms with E-state index in [2.05, 4.69) is 4.99 Å². The monoisotopic (exact) mass is 396 g/mol. The fourth-order valence-corrected chi connectivity index (χ4v) is 5.28. The van der Waals surface area contributed by atoms with Crippen LogP contribution in [-0.4, -0.2) is 44.0 Å². The molecule has 4 rings (SSSR count). The van der Waals surface area contributed by atoms with E-state index in [0.717, 1.165) is 5.56 Å². The number of hydrogen-bond donors (Lipinski definition) is 0. The summed E-state index contributed by atoms with van der Waals surface area (Å²) in [6.45, 7) is 1.93. The summed E-state index contributed by atoms with van der Waals surface area (Å²) in [4.78, 5) is 31.8. The zero-order valence-corrected chi connectivity index (χ0v) is 16.2. The molecule has 2 atom stereocenters. The molecule has 0 bridgehead atoms. The lowest BCUT2D eigenvalue weighted by molar-refractivity contribution is -0.118. The second-order valence-corrected chi connectivity index (χ2v) is 9.46. The minimum absolute atomic E-state index is 0.00661. The number of aryl methyl sites for hydroxylation is 1. The zero-order chi connectivity index (χ0) is 19.9. The molecule has 1 fully saturated rings. The van der Waals surface area contributed by atoms with Gasteiger partial charge in [0.1, 0.15) is 0 Å². The van der Waals surface area contributed by atoms with E-state index in [9.17, 15) is 18.0 Å². The lowest BCUT2D eigenvalue weighted by Crippen LogP contribution is -2.45. The van der Waals surface area contributed by atoms with Crippen LogP contribution in [0.1, 0.15) is 33.8 Å². The summed E-state index contributed by atoms with van der Waals surface area (Å²) in [5.74, 6) is -1.33. The first-order valence-corrected chi connectivity index (χ1v) is 11.0. The highest BCUT2D eigenvalue weighted by Gasteiger charge is 2.39. The molecule has 1 saturated heterocycles. The Morgan fingerprint density at radius 1 is 1.07 bits per heavy atom. The van der Waals surface area contributed by atoms with Gasteiger partial charge in [-0.3, -0.25) is 14.6 Å². The average molecular weight is 396 g/mol. The minimum atomic E-state index is -3.05. The molecule has 28 heavy (non-hydrogen) atoms. The third-order valence-corrected chi connectivity index (χ3v) is 6.91. The molecule has 2 aliphatic heterocycles. The second-order valence-electron chi connectivity index (χ2n) is 7.23. The molecule has 0 unspecified atom stereocenters. The van der Waals surface area contributed by atoms with Crippen LogP contribution in [0, 0.1) is 6.92 Å². The lowest BCUT2D eigenvalue weighted by Gasteiger charge is -2.31. The maximum absolute atomic E-state index is 13.2. The molecule has 2 amide bonds. The van der Waals surface area contributed by atoms with Gasteiger partial charge in [-0.05, 0) is 37.1 Å². The van der Waals surface area contributed by atoms with Crippen LogP contribution in [0.25, 0.3) is 0 Å². The van der Waals surface area contributed by atoms with Gasteiger partial charge in [0.2, 0.25) is 5.91 Å². The third-order valence-electron chi connectivity index (χ3n) is 5.16. The quantitative estimate of drug-likeness (QED) is 0.590. The summed E-state index contributed by atoms with van der Waals surface area (Å²) in [5.41, 5.74) is 2.60. The Balaban J connectivity index is 1.72. The maximum atomic E-state index is 13.2. The molecule has 144 valence electrons. The molecule has 2 aromatic rings. The van der Waals surface area contributed by atoms with Crippen molar-refractivity contribution < 1.29 is 18.0 Å². The van der Waals surface area contributed by atoms with Crippen LogP contribution in [0.15, 0.2) is 53.5 Å². The van der Waals surface area contributed by atoms with Crippen molar-refractivity contribution in [1.29, 1.82) is 0 Å². The molecule has 6 nitrogen and oxygen atoms in total. The number of rotatable bonds is 3. The number of fused-ring (bicyclic) bond motifs is 1. The number of anilines is 1. The number of nitrogens with zero attached hydrogens (tertiary/aromatic N) is 2. The Morgan fingerprint density at radius 2 is 1.79 bits per heavy atom. The van der Waals surface area contributed by atoms with Crippen LogP contribution in [0.3, 0.4) is 0 Å². The van der Waals surface area contributed by atoms with Crippen LogP contribution in [-0.2, 0) is 14.6 Å². The van der Waals surface area contributed by atoms with Gasteiger partial charge in [-0.15, -0.1) is 0 Å². The van der Waals surface area contributed by atoms with E-state index in [1.807, 2.05) is 19.1 Å². The van der Waals surface area contributed by atoms with E-state index in [1.165, 1.54) is 11.1 Å². The molecule has 0 N–H and O–H groups in total. The van der Waals surface area contributed by atoms with E-state index in [-0.39, 0.29) is 29.4 Å². The van der Waals surface area contributed by atoms with Gasteiger partial charge >= 0.3 is 0 Å². The molecule has 0 radical (unpaired) electrons. The lowest BCUT2D eigenvalue weighted by atomic mass is 9.88. The van der Waals surface area contributed by atoms with Crippen LogP contribution in [0.2, 0.25) is 0 Å². The highest BCUT2D eigenvalue weighted by molar-refractivity contribution is 7.91. The number of carbonyl (C=O) groups is 2. The summed E-state index contributed by atoms with van der Waals surface area (Å²) in [6, 6.07) is 13.8. The molecule has 2 aliphatic rings. The van der Waals surface area contributed by atoms with Crippen molar-refractivity contribution in [1.82, 2.24) is 0 Å². The molecule has 0 spiro atoms. The molecule has 0 aliphatic carbocycles.